The van der Waals surface area contributed by atoms with Crippen LogP contribution in [0.4, 0.5) is 0 Å². The maximum atomic E-state index is 8.94. The molecular formula is C13H8IN2S-. The van der Waals surface area contributed by atoms with Crippen LogP contribution in [0.1, 0.15) is 16.8 Å². The topological polar surface area (TPSA) is 36.7 Å². The molecule has 1 aromatic heterocycles. The summed E-state index contributed by atoms with van der Waals surface area (Å²) in [5, 5.41) is 10.8. The number of nitriles is 1. The number of rotatable bonds is 1. The van der Waals surface area contributed by atoms with Crippen molar-refractivity contribution in [2.45, 2.75) is 0 Å². The molecule has 0 unspecified atom stereocenters. The first kappa shape index (κ1) is 12.1. The molecule has 1 aromatic carbocycles. The van der Waals surface area contributed by atoms with Gasteiger partial charge in [0.1, 0.15) is 0 Å². The van der Waals surface area contributed by atoms with Crippen molar-refractivity contribution < 1.29 is 21.2 Å². The summed E-state index contributed by atoms with van der Waals surface area (Å²) >= 11 is 1.51. The van der Waals surface area contributed by atoms with Gasteiger partial charge in [-0.1, -0.05) is 0 Å². The summed E-state index contributed by atoms with van der Waals surface area (Å²) in [6, 6.07) is 8.00. The molecule has 1 heterocycles. The minimum absolute atomic E-state index is 0.0199. The number of hydrogen-bond acceptors (Lipinski definition) is 3. The van der Waals surface area contributed by atoms with Crippen molar-refractivity contribution in [1.82, 2.24) is 4.98 Å². The number of nitrogens with zero attached hydrogens (tertiary/aromatic N) is 2. The summed E-state index contributed by atoms with van der Waals surface area (Å²) in [5.41, 5.74) is 4.13. The Labute approximate surface area is 115 Å². The molecule has 17 heavy (non-hydrogen) atoms. The molecule has 0 aliphatic rings. The van der Waals surface area contributed by atoms with Crippen molar-refractivity contribution in [2.75, 3.05) is 4.93 Å². The first-order valence-corrected chi connectivity index (χ1v) is 8.94. The third-order valence-electron chi connectivity index (χ3n) is 2.01. The first-order valence-electron chi connectivity index (χ1n) is 4.76. The van der Waals surface area contributed by atoms with Gasteiger partial charge in [0, 0.05) is 0 Å². The Morgan fingerprint density at radius 2 is 2.06 bits per heavy atom. The monoisotopic (exact) mass is 351 g/mol. The molecule has 0 fully saturated rings. The summed E-state index contributed by atoms with van der Waals surface area (Å²) in [5.74, 6) is 6.05. The fourth-order valence-corrected chi connectivity index (χ4v) is 3.02. The van der Waals surface area contributed by atoms with Crippen LogP contribution in [0, 0.1) is 26.7 Å². The standard InChI is InChI=1S/C13H8IN2S/c1-14-12-5-10(4-11(6-12)7-15)2-3-13-8-17-9-16-13/h4-6,8-9H,1H3/q-1. The third kappa shape index (κ3) is 3.29. The van der Waals surface area contributed by atoms with Gasteiger partial charge in [-0.3, -0.25) is 0 Å². The summed E-state index contributed by atoms with van der Waals surface area (Å²) < 4.78 is 1.24. The van der Waals surface area contributed by atoms with Crippen LogP contribution in [0.2, 0.25) is 0 Å². The molecule has 0 radical (unpaired) electrons. The Balaban J connectivity index is 2.36. The minimum atomic E-state index is -0.0199. The second kappa shape index (κ2) is 5.81. The predicted octanol–water partition coefficient (Wildman–Crippen LogP) is -0.697. The second-order valence-electron chi connectivity index (χ2n) is 3.15. The van der Waals surface area contributed by atoms with Crippen molar-refractivity contribution >= 4 is 11.3 Å². The molecule has 4 heteroatoms. The van der Waals surface area contributed by atoms with Crippen LogP contribution in [0.25, 0.3) is 0 Å². The zero-order valence-electron chi connectivity index (χ0n) is 9.07. The van der Waals surface area contributed by atoms with Gasteiger partial charge in [-0.15, -0.1) is 0 Å². The van der Waals surface area contributed by atoms with E-state index in [1.54, 1.807) is 5.51 Å². The molecule has 2 aromatic rings. The van der Waals surface area contributed by atoms with E-state index in [9.17, 15) is 0 Å². The predicted molar refractivity (Wildman–Crippen MR) is 63.9 cm³/mol. The van der Waals surface area contributed by atoms with E-state index in [0.29, 0.717) is 5.56 Å². The third-order valence-corrected chi connectivity index (χ3v) is 4.47. The van der Waals surface area contributed by atoms with Crippen molar-refractivity contribution in [2.24, 2.45) is 0 Å². The summed E-state index contributed by atoms with van der Waals surface area (Å²) in [6.45, 7) is 0. The zero-order chi connectivity index (χ0) is 12.1. The number of hydrogen-bond donors (Lipinski definition) is 0. The molecule has 0 saturated carbocycles. The van der Waals surface area contributed by atoms with Crippen molar-refractivity contribution in [1.29, 1.82) is 5.26 Å². The number of halogens is 1. The van der Waals surface area contributed by atoms with E-state index >= 15 is 0 Å². The molecule has 0 N–H and O–H groups in total. The molecular weight excluding hydrogens is 343 g/mol. The quantitative estimate of drug-likeness (QED) is 0.387. The van der Waals surface area contributed by atoms with Gasteiger partial charge < -0.3 is 0 Å². The van der Waals surface area contributed by atoms with Gasteiger partial charge in [0.25, 0.3) is 0 Å². The molecule has 0 aliphatic heterocycles. The van der Waals surface area contributed by atoms with Crippen LogP contribution in [-0.4, -0.2) is 9.91 Å². The van der Waals surface area contributed by atoms with Gasteiger partial charge >= 0.3 is 115 Å². The van der Waals surface area contributed by atoms with Gasteiger partial charge in [0.15, 0.2) is 0 Å². The van der Waals surface area contributed by atoms with Gasteiger partial charge in [0.05, 0.1) is 0 Å². The molecule has 2 nitrogen and oxygen atoms in total. The van der Waals surface area contributed by atoms with Crippen LogP contribution in [0.15, 0.2) is 29.1 Å². The van der Waals surface area contributed by atoms with Crippen molar-refractivity contribution in [3.05, 3.63) is 49.5 Å². The molecule has 0 amide bonds. The maximum absolute atomic E-state index is 8.94. The molecule has 2 rings (SSSR count). The zero-order valence-corrected chi connectivity index (χ0v) is 12.0. The van der Waals surface area contributed by atoms with Crippen molar-refractivity contribution in [3.8, 4) is 17.9 Å². The van der Waals surface area contributed by atoms with Crippen LogP contribution >= 0.6 is 11.3 Å². The summed E-state index contributed by atoms with van der Waals surface area (Å²) in [4.78, 5) is 6.28. The number of aromatic nitrogens is 1. The van der Waals surface area contributed by atoms with Crippen molar-refractivity contribution in [3.63, 3.8) is 0 Å². The molecule has 0 aliphatic carbocycles. The molecule has 0 spiro atoms. The Hall–Kier alpha value is -1.37. The molecule has 0 saturated heterocycles. The molecule has 0 atom stereocenters. The summed E-state index contributed by atoms with van der Waals surface area (Å²) in [7, 11) is 0. The molecule has 0 bridgehead atoms. The van der Waals surface area contributed by atoms with Crippen LogP contribution in [0.3, 0.4) is 0 Å². The van der Waals surface area contributed by atoms with Crippen LogP contribution in [-0.2, 0) is 0 Å². The molecule has 84 valence electrons. The fourth-order valence-electron chi connectivity index (χ4n) is 1.25. The van der Waals surface area contributed by atoms with E-state index in [4.69, 9.17) is 5.26 Å². The van der Waals surface area contributed by atoms with E-state index in [1.165, 1.54) is 14.9 Å². The average molecular weight is 351 g/mol. The van der Waals surface area contributed by atoms with E-state index in [1.807, 2.05) is 17.5 Å². The SMILES string of the molecule is C[I-]c1cc(C#N)cc(C#Cc2cscn2)c1. The van der Waals surface area contributed by atoms with Gasteiger partial charge in [-0.05, 0) is 0 Å². The van der Waals surface area contributed by atoms with Gasteiger partial charge in [-0.2, -0.15) is 0 Å². The fraction of sp³-hybridized carbons (Fsp3) is 0.0769. The summed E-state index contributed by atoms with van der Waals surface area (Å²) in [6.07, 6.45) is 0. The number of benzene rings is 1. The van der Waals surface area contributed by atoms with E-state index in [0.717, 1.165) is 11.3 Å². The average Bonchev–Trinajstić information content (AvgIpc) is 2.89. The number of thiazole rings is 1. The van der Waals surface area contributed by atoms with E-state index in [-0.39, 0.29) is 21.2 Å². The van der Waals surface area contributed by atoms with Crippen LogP contribution in [0.5, 0.6) is 0 Å². The van der Waals surface area contributed by atoms with Crippen LogP contribution < -0.4 is 21.2 Å². The van der Waals surface area contributed by atoms with E-state index in [2.05, 4.69) is 33.9 Å². The Bertz CT molecular complexity index is 615. The van der Waals surface area contributed by atoms with Gasteiger partial charge in [-0.25, -0.2) is 0 Å². The van der Waals surface area contributed by atoms with E-state index < -0.39 is 0 Å². The second-order valence-corrected chi connectivity index (χ2v) is 6.20. The first-order chi connectivity index (χ1) is 8.31. The van der Waals surface area contributed by atoms with Gasteiger partial charge in [0.2, 0.25) is 0 Å². The Morgan fingerprint density at radius 1 is 1.24 bits per heavy atom. The Morgan fingerprint density at radius 3 is 2.71 bits per heavy atom. The Kier molecular flexibility index (Phi) is 4.13. The number of alkyl halides is 1. The normalized spacial score (nSPS) is 9.41.